The van der Waals surface area contributed by atoms with Gasteiger partial charge in [0.15, 0.2) is 0 Å². The zero-order chi connectivity index (χ0) is 15.5. The quantitative estimate of drug-likeness (QED) is 0.910. The predicted octanol–water partition coefficient (Wildman–Crippen LogP) is 1.36. The molecular formula is C17H27N3O. The van der Waals surface area contributed by atoms with Crippen molar-refractivity contribution in [1.29, 1.82) is 0 Å². The zero-order valence-corrected chi connectivity index (χ0v) is 13.4. The van der Waals surface area contributed by atoms with Gasteiger partial charge in [0.2, 0.25) is 5.91 Å². The van der Waals surface area contributed by atoms with Gasteiger partial charge in [0, 0.05) is 31.7 Å². The van der Waals surface area contributed by atoms with Gasteiger partial charge in [0.25, 0.3) is 0 Å². The van der Waals surface area contributed by atoms with E-state index in [9.17, 15) is 4.79 Å². The maximum Gasteiger partial charge on any atom is 0.227 e. The van der Waals surface area contributed by atoms with Crippen LogP contribution < -0.4 is 5.73 Å². The average molecular weight is 289 g/mol. The molecule has 1 aromatic rings. The lowest BCUT2D eigenvalue weighted by atomic mass is 9.95. The van der Waals surface area contributed by atoms with Gasteiger partial charge >= 0.3 is 0 Å². The first kappa shape index (κ1) is 16.0. The van der Waals surface area contributed by atoms with Crippen molar-refractivity contribution < 1.29 is 4.79 Å². The molecule has 0 aliphatic carbocycles. The minimum absolute atomic E-state index is 0.0276. The third-order valence-corrected chi connectivity index (χ3v) is 4.59. The van der Waals surface area contributed by atoms with Crippen LogP contribution in [0.4, 0.5) is 0 Å². The van der Waals surface area contributed by atoms with E-state index in [-0.39, 0.29) is 17.4 Å². The van der Waals surface area contributed by atoms with Crippen LogP contribution in [-0.2, 0) is 11.2 Å². The second-order valence-corrected chi connectivity index (χ2v) is 6.62. The number of likely N-dealkylation sites (N-methyl/N-ethyl adjacent to an activating group) is 1. The number of benzene rings is 1. The van der Waals surface area contributed by atoms with Crippen LogP contribution in [0.25, 0.3) is 0 Å². The summed E-state index contributed by atoms with van der Waals surface area (Å²) >= 11 is 0. The Hall–Kier alpha value is -1.39. The normalized spacial score (nSPS) is 20.3. The van der Waals surface area contributed by atoms with Crippen molar-refractivity contribution in [3.05, 3.63) is 35.9 Å². The summed E-state index contributed by atoms with van der Waals surface area (Å²) in [5.74, 6) is 0.0779. The maximum atomic E-state index is 12.8. The minimum Gasteiger partial charge on any atom is -0.339 e. The first-order chi connectivity index (χ1) is 9.94. The fourth-order valence-electron chi connectivity index (χ4n) is 2.86. The highest BCUT2D eigenvalue weighted by atomic mass is 16.2. The first-order valence-electron chi connectivity index (χ1n) is 7.68. The number of carbonyl (C=O) groups is 1. The first-order valence-corrected chi connectivity index (χ1v) is 7.68. The lowest BCUT2D eigenvalue weighted by molar-refractivity contribution is -0.139. The third-order valence-electron chi connectivity index (χ3n) is 4.59. The SMILES string of the molecule is CN1CCN(C(=O)C(CN)Cc2ccccc2)CC1(C)C. The summed E-state index contributed by atoms with van der Waals surface area (Å²) in [5, 5.41) is 0. The van der Waals surface area contributed by atoms with Crippen LogP contribution >= 0.6 is 0 Å². The van der Waals surface area contributed by atoms with Crippen LogP contribution in [-0.4, -0.2) is 54.5 Å². The highest BCUT2D eigenvalue weighted by Crippen LogP contribution is 2.21. The standard InChI is InChI=1S/C17H27N3O/c1-17(2)13-20(10-9-19(17)3)16(21)15(12-18)11-14-7-5-4-6-8-14/h4-8,15H,9-13,18H2,1-3H3. The number of hydrogen-bond donors (Lipinski definition) is 1. The van der Waals surface area contributed by atoms with Crippen LogP contribution in [0, 0.1) is 5.92 Å². The van der Waals surface area contributed by atoms with Crippen LogP contribution in [0.2, 0.25) is 0 Å². The van der Waals surface area contributed by atoms with Gasteiger partial charge in [-0.05, 0) is 32.9 Å². The van der Waals surface area contributed by atoms with Gasteiger partial charge in [-0.3, -0.25) is 9.69 Å². The van der Waals surface area contributed by atoms with Gasteiger partial charge in [-0.25, -0.2) is 0 Å². The second kappa shape index (κ2) is 6.58. The molecule has 0 radical (unpaired) electrons. The monoisotopic (exact) mass is 289 g/mol. The van der Waals surface area contributed by atoms with Crippen LogP contribution in [0.5, 0.6) is 0 Å². The molecule has 1 unspecified atom stereocenters. The number of nitrogens with two attached hydrogens (primary N) is 1. The maximum absolute atomic E-state index is 12.8. The summed E-state index contributed by atoms with van der Waals surface area (Å²) in [6.45, 7) is 7.25. The molecule has 1 fully saturated rings. The number of nitrogens with zero attached hydrogens (tertiary/aromatic N) is 2. The molecule has 21 heavy (non-hydrogen) atoms. The van der Waals surface area contributed by atoms with Crippen molar-refractivity contribution in [3.8, 4) is 0 Å². The molecule has 1 aromatic carbocycles. The topological polar surface area (TPSA) is 49.6 Å². The number of carbonyl (C=O) groups excluding carboxylic acids is 1. The molecule has 1 saturated heterocycles. The van der Waals surface area contributed by atoms with E-state index in [0.29, 0.717) is 6.54 Å². The molecule has 4 nitrogen and oxygen atoms in total. The van der Waals surface area contributed by atoms with Gasteiger partial charge in [-0.2, -0.15) is 0 Å². The lowest BCUT2D eigenvalue weighted by Crippen LogP contribution is -2.60. The molecule has 1 aliphatic rings. The molecule has 2 rings (SSSR count). The summed E-state index contributed by atoms with van der Waals surface area (Å²) in [5.41, 5.74) is 7.07. The van der Waals surface area contributed by atoms with Crippen molar-refractivity contribution in [1.82, 2.24) is 9.80 Å². The summed E-state index contributed by atoms with van der Waals surface area (Å²) in [7, 11) is 2.12. The van der Waals surface area contributed by atoms with Crippen molar-refractivity contribution in [2.45, 2.75) is 25.8 Å². The molecule has 1 atom stereocenters. The Kier molecular flexibility index (Phi) is 5.01. The highest BCUT2D eigenvalue weighted by molar-refractivity contribution is 5.79. The summed E-state index contributed by atoms with van der Waals surface area (Å²) in [6.07, 6.45) is 0.725. The number of hydrogen-bond acceptors (Lipinski definition) is 3. The molecule has 1 amide bonds. The fourth-order valence-corrected chi connectivity index (χ4v) is 2.86. The Morgan fingerprint density at radius 1 is 1.29 bits per heavy atom. The smallest absolute Gasteiger partial charge is 0.227 e. The van der Waals surface area contributed by atoms with E-state index >= 15 is 0 Å². The molecule has 0 saturated carbocycles. The molecule has 2 N–H and O–H groups in total. The van der Waals surface area contributed by atoms with E-state index in [1.54, 1.807) is 0 Å². The largest absolute Gasteiger partial charge is 0.339 e. The third kappa shape index (κ3) is 3.83. The molecule has 4 heteroatoms. The Labute approximate surface area is 127 Å². The van der Waals surface area contributed by atoms with Gasteiger partial charge < -0.3 is 10.6 Å². The minimum atomic E-state index is -0.119. The number of amides is 1. The van der Waals surface area contributed by atoms with E-state index < -0.39 is 0 Å². The fraction of sp³-hybridized carbons (Fsp3) is 0.588. The van der Waals surface area contributed by atoms with Gasteiger partial charge in [-0.15, -0.1) is 0 Å². The van der Waals surface area contributed by atoms with Crippen molar-refractivity contribution >= 4 is 5.91 Å². The van der Waals surface area contributed by atoms with Gasteiger partial charge in [0.05, 0.1) is 5.92 Å². The number of rotatable bonds is 4. The molecule has 116 valence electrons. The van der Waals surface area contributed by atoms with E-state index in [0.717, 1.165) is 26.1 Å². The van der Waals surface area contributed by atoms with E-state index in [1.165, 1.54) is 5.56 Å². The lowest BCUT2D eigenvalue weighted by Gasteiger charge is -2.46. The van der Waals surface area contributed by atoms with E-state index in [2.05, 4.69) is 37.9 Å². The molecule has 0 bridgehead atoms. The van der Waals surface area contributed by atoms with Crippen LogP contribution in [0.15, 0.2) is 30.3 Å². The Balaban J connectivity index is 2.03. The second-order valence-electron chi connectivity index (χ2n) is 6.62. The summed E-state index contributed by atoms with van der Waals surface area (Å²) in [4.78, 5) is 17.1. The molecule has 1 heterocycles. The highest BCUT2D eigenvalue weighted by Gasteiger charge is 2.35. The van der Waals surface area contributed by atoms with Crippen LogP contribution in [0.3, 0.4) is 0 Å². The van der Waals surface area contributed by atoms with Crippen LogP contribution in [0.1, 0.15) is 19.4 Å². The molecule has 0 spiro atoms. The Morgan fingerprint density at radius 2 is 1.95 bits per heavy atom. The molecular weight excluding hydrogens is 262 g/mol. The van der Waals surface area contributed by atoms with Crippen molar-refractivity contribution in [3.63, 3.8) is 0 Å². The van der Waals surface area contributed by atoms with Crippen molar-refractivity contribution in [2.75, 3.05) is 33.2 Å². The number of piperazine rings is 1. The van der Waals surface area contributed by atoms with E-state index in [1.807, 2.05) is 23.1 Å². The summed E-state index contributed by atoms with van der Waals surface area (Å²) in [6, 6.07) is 10.1. The van der Waals surface area contributed by atoms with E-state index in [4.69, 9.17) is 5.73 Å². The molecule has 0 aromatic heterocycles. The van der Waals surface area contributed by atoms with Gasteiger partial charge in [0.1, 0.15) is 0 Å². The Morgan fingerprint density at radius 3 is 2.52 bits per heavy atom. The predicted molar refractivity (Wildman–Crippen MR) is 86.0 cm³/mol. The Bertz CT molecular complexity index is 472. The molecule has 1 aliphatic heterocycles. The zero-order valence-electron chi connectivity index (χ0n) is 13.4. The van der Waals surface area contributed by atoms with Gasteiger partial charge in [-0.1, -0.05) is 30.3 Å². The average Bonchev–Trinajstić information content (AvgIpc) is 2.48. The summed E-state index contributed by atoms with van der Waals surface area (Å²) < 4.78 is 0. The van der Waals surface area contributed by atoms with Crippen molar-refractivity contribution in [2.24, 2.45) is 11.7 Å².